The Kier molecular flexibility index (Phi) is 3.59. The number of amides is 2. The predicted molar refractivity (Wildman–Crippen MR) is 62.4 cm³/mol. The molecule has 1 rings (SSSR count). The number of hydrogen-bond acceptors (Lipinski definition) is 5. The number of hydrogen-bond donors (Lipinski definition) is 3. The average molecular weight is 245 g/mol. The van der Waals surface area contributed by atoms with Crippen molar-refractivity contribution in [2.45, 2.75) is 4.21 Å². The summed E-state index contributed by atoms with van der Waals surface area (Å²) in [6, 6.07) is 0. The van der Waals surface area contributed by atoms with Crippen molar-refractivity contribution in [2.75, 3.05) is 19.0 Å². The molecule has 0 aliphatic rings. The van der Waals surface area contributed by atoms with Gasteiger partial charge in [0, 0.05) is 7.05 Å². The Labute approximate surface area is 95.2 Å². The molecule has 2 amide bonds. The van der Waals surface area contributed by atoms with E-state index in [1.54, 1.807) is 0 Å². The summed E-state index contributed by atoms with van der Waals surface area (Å²) in [5, 5.41) is 2.47. The van der Waals surface area contributed by atoms with Gasteiger partial charge in [-0.3, -0.25) is 9.59 Å². The second kappa shape index (κ2) is 4.54. The number of rotatable bonds is 3. The summed E-state index contributed by atoms with van der Waals surface area (Å²) in [5.41, 5.74) is 11.3. The molecule has 15 heavy (non-hydrogen) atoms. The summed E-state index contributed by atoms with van der Waals surface area (Å²) in [7, 11) is 1.51. The number of carbonyl (C=O) groups excluding carboxylic acids is 2. The molecule has 5 N–H and O–H groups in total. The van der Waals surface area contributed by atoms with Crippen molar-refractivity contribution >= 4 is 40.6 Å². The smallest absolute Gasteiger partial charge is 0.260 e. The van der Waals surface area contributed by atoms with Crippen molar-refractivity contribution in [2.24, 2.45) is 5.73 Å². The number of nitrogens with one attached hydrogen (secondary N) is 1. The number of carbonyl (C=O) groups is 2. The van der Waals surface area contributed by atoms with Crippen LogP contribution >= 0.6 is 23.1 Å². The molecule has 82 valence electrons. The lowest BCUT2D eigenvalue weighted by molar-refractivity contribution is 0.0961. The van der Waals surface area contributed by atoms with Gasteiger partial charge in [-0.25, -0.2) is 0 Å². The van der Waals surface area contributed by atoms with Crippen molar-refractivity contribution < 1.29 is 9.59 Å². The molecule has 0 radical (unpaired) electrons. The van der Waals surface area contributed by atoms with Gasteiger partial charge in [0.25, 0.3) is 11.8 Å². The van der Waals surface area contributed by atoms with Crippen LogP contribution in [0.4, 0.5) is 5.69 Å². The van der Waals surface area contributed by atoms with Gasteiger partial charge in [0.05, 0.1) is 15.5 Å². The molecule has 0 saturated heterocycles. The fraction of sp³-hybridized carbons (Fsp3) is 0.250. The van der Waals surface area contributed by atoms with E-state index in [0.29, 0.717) is 9.77 Å². The molecule has 7 heteroatoms. The topological polar surface area (TPSA) is 98.2 Å². The van der Waals surface area contributed by atoms with Gasteiger partial charge in [-0.05, 0) is 6.26 Å². The minimum absolute atomic E-state index is 0.163. The van der Waals surface area contributed by atoms with Gasteiger partial charge in [-0.2, -0.15) is 0 Å². The van der Waals surface area contributed by atoms with Gasteiger partial charge in [0.2, 0.25) is 0 Å². The van der Waals surface area contributed by atoms with E-state index >= 15 is 0 Å². The average Bonchev–Trinajstić information content (AvgIpc) is 2.54. The van der Waals surface area contributed by atoms with Crippen LogP contribution in [0.3, 0.4) is 0 Å². The van der Waals surface area contributed by atoms with Crippen molar-refractivity contribution in [1.82, 2.24) is 5.32 Å². The first-order valence-electron chi connectivity index (χ1n) is 4.01. The third kappa shape index (κ3) is 2.07. The van der Waals surface area contributed by atoms with Crippen LogP contribution in [0.25, 0.3) is 0 Å². The third-order valence-corrected chi connectivity index (χ3v) is 4.12. The highest BCUT2D eigenvalue weighted by Crippen LogP contribution is 2.36. The molecule has 1 aromatic heterocycles. The van der Waals surface area contributed by atoms with E-state index in [-0.39, 0.29) is 16.5 Å². The minimum atomic E-state index is -0.608. The molecule has 0 spiro atoms. The maximum Gasteiger partial charge on any atom is 0.260 e. The zero-order chi connectivity index (χ0) is 11.6. The van der Waals surface area contributed by atoms with Crippen LogP contribution in [0.1, 0.15) is 20.0 Å². The van der Waals surface area contributed by atoms with Crippen LogP contribution in [0.5, 0.6) is 0 Å². The number of thiophene rings is 1. The maximum atomic E-state index is 11.5. The van der Waals surface area contributed by atoms with Crippen molar-refractivity contribution in [3.05, 3.63) is 10.4 Å². The molecule has 0 fully saturated rings. The lowest BCUT2D eigenvalue weighted by Crippen LogP contribution is -2.20. The van der Waals surface area contributed by atoms with E-state index < -0.39 is 5.91 Å². The van der Waals surface area contributed by atoms with Crippen LogP contribution < -0.4 is 16.8 Å². The molecule has 0 aliphatic heterocycles. The quantitative estimate of drug-likeness (QED) is 0.676. The highest BCUT2D eigenvalue weighted by molar-refractivity contribution is 8.00. The Hall–Kier alpha value is -1.21. The highest BCUT2D eigenvalue weighted by Gasteiger charge is 2.23. The molecular weight excluding hydrogens is 234 g/mol. The van der Waals surface area contributed by atoms with Crippen LogP contribution in [0.15, 0.2) is 4.21 Å². The molecule has 0 atom stereocenters. The largest absolute Gasteiger partial charge is 0.397 e. The Morgan fingerprint density at radius 1 is 1.47 bits per heavy atom. The number of primary amides is 1. The predicted octanol–water partition coefficient (Wildman–Crippen LogP) is 0.511. The normalized spacial score (nSPS) is 10.0. The third-order valence-electron chi connectivity index (χ3n) is 1.78. The molecule has 1 heterocycles. The Morgan fingerprint density at radius 3 is 2.47 bits per heavy atom. The number of thioether (sulfide) groups is 1. The van der Waals surface area contributed by atoms with Crippen LogP contribution in [0.2, 0.25) is 0 Å². The van der Waals surface area contributed by atoms with E-state index in [1.807, 2.05) is 6.26 Å². The highest BCUT2D eigenvalue weighted by atomic mass is 32.2. The molecule has 5 nitrogen and oxygen atoms in total. The number of anilines is 1. The molecule has 0 unspecified atom stereocenters. The monoisotopic (exact) mass is 245 g/mol. The standard InChI is InChI=1S/C8H11N3O2S2/c1-11-7(13)3-4(9)5(6(10)12)15-8(3)14-2/h9H2,1-2H3,(H2,10,12)(H,11,13). The first kappa shape index (κ1) is 11.9. The molecule has 0 saturated carbocycles. The second-order valence-corrected chi connectivity index (χ2v) is 4.75. The fourth-order valence-electron chi connectivity index (χ4n) is 1.09. The van der Waals surface area contributed by atoms with Crippen molar-refractivity contribution in [3.8, 4) is 0 Å². The zero-order valence-corrected chi connectivity index (χ0v) is 9.92. The van der Waals surface area contributed by atoms with E-state index in [9.17, 15) is 9.59 Å². The van der Waals surface area contributed by atoms with Gasteiger partial charge in [-0.15, -0.1) is 23.1 Å². The van der Waals surface area contributed by atoms with E-state index in [1.165, 1.54) is 18.8 Å². The number of nitrogens with two attached hydrogens (primary N) is 2. The summed E-state index contributed by atoms with van der Waals surface area (Å²) in [4.78, 5) is 22.8. The van der Waals surface area contributed by atoms with Gasteiger partial charge < -0.3 is 16.8 Å². The van der Waals surface area contributed by atoms with Crippen molar-refractivity contribution in [1.29, 1.82) is 0 Å². The van der Waals surface area contributed by atoms with Crippen molar-refractivity contribution in [3.63, 3.8) is 0 Å². The Morgan fingerprint density at radius 2 is 2.07 bits per heavy atom. The lowest BCUT2D eigenvalue weighted by atomic mass is 10.2. The van der Waals surface area contributed by atoms with Gasteiger partial charge in [0.15, 0.2) is 0 Å². The summed E-state index contributed by atoms with van der Waals surface area (Å²) in [6.45, 7) is 0. The SMILES string of the molecule is CNC(=O)c1c(SC)sc(C(N)=O)c1N. The fourth-order valence-corrected chi connectivity index (χ4v) is 2.88. The Bertz CT molecular complexity index is 414. The van der Waals surface area contributed by atoms with E-state index in [0.717, 1.165) is 11.3 Å². The minimum Gasteiger partial charge on any atom is -0.397 e. The Balaban J connectivity index is 3.36. The molecule has 0 aromatic carbocycles. The number of nitrogen functional groups attached to an aromatic ring is 1. The molecule has 0 aliphatic carbocycles. The summed E-state index contributed by atoms with van der Waals surface area (Å²) in [6.07, 6.45) is 1.81. The van der Waals surface area contributed by atoms with Crippen LogP contribution in [-0.2, 0) is 0 Å². The van der Waals surface area contributed by atoms with Crippen LogP contribution in [0, 0.1) is 0 Å². The van der Waals surface area contributed by atoms with Gasteiger partial charge in [0.1, 0.15) is 4.88 Å². The molecule has 0 bridgehead atoms. The first-order chi connectivity index (χ1) is 7.02. The molecule has 1 aromatic rings. The zero-order valence-electron chi connectivity index (χ0n) is 8.29. The van der Waals surface area contributed by atoms with Gasteiger partial charge in [-0.1, -0.05) is 0 Å². The molecular formula is C8H11N3O2S2. The first-order valence-corrected chi connectivity index (χ1v) is 6.05. The van der Waals surface area contributed by atoms with E-state index in [4.69, 9.17) is 11.5 Å². The lowest BCUT2D eigenvalue weighted by Gasteiger charge is -2.00. The van der Waals surface area contributed by atoms with Gasteiger partial charge >= 0.3 is 0 Å². The second-order valence-electron chi connectivity index (χ2n) is 2.65. The maximum absolute atomic E-state index is 11.5. The van der Waals surface area contributed by atoms with E-state index in [2.05, 4.69) is 5.32 Å². The summed E-state index contributed by atoms with van der Waals surface area (Å²) < 4.78 is 0.695. The van der Waals surface area contributed by atoms with Crippen LogP contribution in [-0.4, -0.2) is 25.1 Å². The summed E-state index contributed by atoms with van der Waals surface area (Å²) >= 11 is 2.50. The summed E-state index contributed by atoms with van der Waals surface area (Å²) in [5.74, 6) is -0.913.